The molecular weight excluding hydrogens is 328 g/mol. The standard InChI is InChI=1S/C16H20N4O3S/c1-19-8-3-4-13(19)10-20-9-6-16(12-20)11-18-24(21,22)14-5-2-7-17-15(14)23-16/h2-5,7-8H,6,9-12H2,1H3,(H-,18,21,22). The normalized spacial score (nSPS) is 30.1. The minimum Gasteiger partial charge on any atom is -0.593 e. The van der Waals surface area contributed by atoms with Crippen molar-refractivity contribution < 1.29 is 13.5 Å². The van der Waals surface area contributed by atoms with Gasteiger partial charge in [-0.15, -0.1) is 4.72 Å². The van der Waals surface area contributed by atoms with Crippen molar-refractivity contribution in [2.24, 2.45) is 7.05 Å². The second-order valence-electron chi connectivity index (χ2n) is 6.49. The summed E-state index contributed by atoms with van der Waals surface area (Å²) in [6.45, 7) is 2.59. The van der Waals surface area contributed by atoms with E-state index in [-0.39, 0.29) is 17.3 Å². The Morgan fingerprint density at radius 2 is 2.33 bits per heavy atom. The highest BCUT2D eigenvalue weighted by Gasteiger charge is 2.46. The molecule has 0 aromatic carbocycles. The van der Waals surface area contributed by atoms with Gasteiger partial charge in [0.05, 0.1) is 6.54 Å². The van der Waals surface area contributed by atoms with Gasteiger partial charge in [0.15, 0.2) is 10.4 Å². The van der Waals surface area contributed by atoms with Crippen molar-refractivity contribution in [1.82, 2.24) is 19.2 Å². The minimum absolute atomic E-state index is 0.114. The van der Waals surface area contributed by atoms with Crippen molar-refractivity contribution in [3.05, 3.63) is 42.4 Å². The van der Waals surface area contributed by atoms with Gasteiger partial charge in [0, 0.05) is 57.3 Å². The van der Waals surface area contributed by atoms with Crippen molar-refractivity contribution in [2.75, 3.05) is 19.6 Å². The van der Waals surface area contributed by atoms with E-state index in [0.717, 1.165) is 19.5 Å². The number of hydrogen-bond acceptors (Lipinski definition) is 5. The van der Waals surface area contributed by atoms with Crippen LogP contribution < -0.4 is 9.46 Å². The van der Waals surface area contributed by atoms with E-state index in [1.54, 1.807) is 12.3 Å². The molecule has 2 aliphatic heterocycles. The van der Waals surface area contributed by atoms with Crippen LogP contribution in [-0.2, 0) is 28.2 Å². The highest BCUT2D eigenvalue weighted by atomic mass is 32.3. The van der Waals surface area contributed by atoms with Crippen molar-refractivity contribution in [3.8, 4) is 5.88 Å². The molecular formula is C16H20N4O3S. The average molecular weight is 348 g/mol. The van der Waals surface area contributed by atoms with Crippen LogP contribution in [0.3, 0.4) is 0 Å². The summed E-state index contributed by atoms with van der Waals surface area (Å²) in [7, 11) is -1.55. The first-order valence-corrected chi connectivity index (χ1v) is 9.42. The number of aryl methyl sites for hydroxylation is 1. The number of sulfonamides is 1. The number of nitrogens with one attached hydrogen (secondary N) is 1. The summed E-state index contributed by atoms with van der Waals surface area (Å²) in [4.78, 5) is 6.55. The zero-order chi connectivity index (χ0) is 16.8. The van der Waals surface area contributed by atoms with Crippen LogP contribution in [0.15, 0.2) is 41.6 Å². The average Bonchev–Trinajstić information content (AvgIpc) is 3.11. The zero-order valence-electron chi connectivity index (χ0n) is 13.5. The lowest BCUT2D eigenvalue weighted by Gasteiger charge is -2.27. The molecule has 24 heavy (non-hydrogen) atoms. The predicted octanol–water partition coefficient (Wildman–Crippen LogP) is 0.951. The summed E-state index contributed by atoms with van der Waals surface area (Å²) >= 11 is 0. The first-order chi connectivity index (χ1) is 11.5. The van der Waals surface area contributed by atoms with Gasteiger partial charge < -0.3 is 13.9 Å². The third-order valence-corrected chi connectivity index (χ3v) is 6.17. The van der Waals surface area contributed by atoms with E-state index in [0.29, 0.717) is 6.54 Å². The van der Waals surface area contributed by atoms with Gasteiger partial charge >= 0.3 is 0 Å². The maximum absolute atomic E-state index is 12.4. The fourth-order valence-electron chi connectivity index (χ4n) is 3.38. The molecule has 0 radical (unpaired) electrons. The summed E-state index contributed by atoms with van der Waals surface area (Å²) < 4.78 is 35.6. The van der Waals surface area contributed by atoms with Gasteiger partial charge in [0.2, 0.25) is 4.90 Å². The van der Waals surface area contributed by atoms with Gasteiger partial charge in [-0.1, -0.05) is 4.21 Å². The van der Waals surface area contributed by atoms with Crippen LogP contribution in [0.4, 0.5) is 0 Å². The van der Waals surface area contributed by atoms with Crippen LogP contribution >= 0.6 is 0 Å². The van der Waals surface area contributed by atoms with Gasteiger partial charge in [-0.05, 0) is 18.2 Å². The summed E-state index contributed by atoms with van der Waals surface area (Å²) in [5.74, 6) is 0.197. The fraction of sp³-hybridized carbons (Fsp3) is 0.438. The molecule has 4 heterocycles. The van der Waals surface area contributed by atoms with Crippen molar-refractivity contribution in [3.63, 3.8) is 0 Å². The van der Waals surface area contributed by atoms with E-state index in [1.165, 1.54) is 11.8 Å². The molecule has 2 atom stereocenters. The second kappa shape index (κ2) is 5.66. The Labute approximate surface area is 142 Å². The predicted molar refractivity (Wildman–Crippen MR) is 88.0 cm³/mol. The van der Waals surface area contributed by atoms with E-state index < -0.39 is 16.0 Å². The van der Waals surface area contributed by atoms with Crippen molar-refractivity contribution in [2.45, 2.75) is 23.5 Å². The molecule has 2 aliphatic rings. The van der Waals surface area contributed by atoms with E-state index in [1.807, 2.05) is 19.3 Å². The monoisotopic (exact) mass is 348 g/mol. The smallest absolute Gasteiger partial charge is 0.272 e. The van der Waals surface area contributed by atoms with Gasteiger partial charge in [0.25, 0.3) is 5.88 Å². The van der Waals surface area contributed by atoms with E-state index in [4.69, 9.17) is 4.74 Å². The zero-order valence-corrected chi connectivity index (χ0v) is 14.3. The Morgan fingerprint density at radius 1 is 1.46 bits per heavy atom. The van der Waals surface area contributed by atoms with Crippen LogP contribution in [0, 0.1) is 0 Å². The van der Waals surface area contributed by atoms with Gasteiger partial charge in [-0.2, -0.15) is 0 Å². The number of hydrogen-bond donors (Lipinski definition) is 1. The summed E-state index contributed by atoms with van der Waals surface area (Å²) in [6.07, 6.45) is 4.34. The third kappa shape index (κ3) is 2.75. The number of nitrogens with zero attached hydrogens (tertiary/aromatic N) is 3. The van der Waals surface area contributed by atoms with E-state index in [9.17, 15) is 8.76 Å². The van der Waals surface area contributed by atoms with Crippen LogP contribution in [-0.4, -0.2) is 44.2 Å². The van der Waals surface area contributed by atoms with Gasteiger partial charge in [-0.25, -0.2) is 4.98 Å². The van der Waals surface area contributed by atoms with Crippen LogP contribution in [0.1, 0.15) is 12.1 Å². The maximum atomic E-state index is 12.4. The quantitative estimate of drug-likeness (QED) is 0.817. The third-order valence-electron chi connectivity index (χ3n) is 4.76. The molecule has 2 aromatic rings. The largest absolute Gasteiger partial charge is 0.593 e. The minimum atomic E-state index is -3.58. The molecule has 0 bridgehead atoms. The number of pyridine rings is 1. The first-order valence-electron chi connectivity index (χ1n) is 7.94. The topological polar surface area (TPSA) is 82.5 Å². The van der Waals surface area contributed by atoms with Crippen LogP contribution in [0.5, 0.6) is 5.88 Å². The molecule has 0 amide bonds. The molecule has 2 unspecified atom stereocenters. The molecule has 2 aromatic heterocycles. The van der Waals surface area contributed by atoms with Crippen molar-refractivity contribution >= 4 is 10.4 Å². The fourth-order valence-corrected chi connectivity index (χ4v) is 4.57. The molecule has 8 heteroatoms. The SMILES string of the molecule is Cn1cccc1CN1CCC2(CN[S+](=O)([O-])c3cccnc3O2)C1. The molecule has 1 fully saturated rings. The summed E-state index contributed by atoms with van der Waals surface area (Å²) in [5, 5.41) is 0. The summed E-state index contributed by atoms with van der Waals surface area (Å²) in [5.41, 5.74) is 0.650. The second-order valence-corrected chi connectivity index (χ2v) is 8.22. The molecule has 1 spiro atoms. The molecule has 1 N–H and O–H groups in total. The molecule has 0 saturated carbocycles. The maximum Gasteiger partial charge on any atom is 0.272 e. The lowest BCUT2D eigenvalue weighted by molar-refractivity contribution is 0.0744. The molecule has 0 aliphatic carbocycles. The number of likely N-dealkylation sites (tertiary alicyclic amines) is 1. The van der Waals surface area contributed by atoms with Crippen LogP contribution in [0.2, 0.25) is 0 Å². The number of rotatable bonds is 2. The van der Waals surface area contributed by atoms with Crippen LogP contribution in [0.25, 0.3) is 0 Å². The Hall–Kier alpha value is -1.74. The first kappa shape index (κ1) is 15.8. The molecule has 4 rings (SSSR count). The highest BCUT2D eigenvalue weighted by molar-refractivity contribution is 7.95. The molecule has 1 saturated heterocycles. The Balaban J connectivity index is 1.57. The lowest BCUT2D eigenvalue weighted by atomic mass is 10.0. The van der Waals surface area contributed by atoms with Gasteiger partial charge in [0.1, 0.15) is 5.60 Å². The number of aromatic nitrogens is 2. The molecule has 128 valence electrons. The summed E-state index contributed by atoms with van der Waals surface area (Å²) in [6, 6.07) is 7.26. The Bertz CT molecular complexity index is 808. The molecule has 7 nitrogen and oxygen atoms in total. The van der Waals surface area contributed by atoms with Crippen molar-refractivity contribution in [1.29, 1.82) is 0 Å². The van der Waals surface area contributed by atoms with E-state index in [2.05, 4.69) is 25.2 Å². The Kier molecular flexibility index (Phi) is 3.72. The number of fused-ring (bicyclic) bond motifs is 1. The Morgan fingerprint density at radius 3 is 3.12 bits per heavy atom. The highest BCUT2D eigenvalue weighted by Crippen LogP contribution is 2.35. The van der Waals surface area contributed by atoms with Gasteiger partial charge in [-0.3, -0.25) is 4.90 Å². The number of ether oxygens (including phenoxy) is 1. The van der Waals surface area contributed by atoms with E-state index >= 15 is 0 Å². The lowest BCUT2D eigenvalue weighted by Crippen LogP contribution is -2.48.